The van der Waals surface area contributed by atoms with Gasteiger partial charge in [0.1, 0.15) is 0 Å². The zero-order chi connectivity index (χ0) is 11.0. The van der Waals surface area contributed by atoms with Crippen LogP contribution in [0.2, 0.25) is 0 Å². The molecule has 0 fully saturated rings. The first-order chi connectivity index (χ1) is 7.83. The second-order valence-electron chi connectivity index (χ2n) is 3.53. The van der Waals surface area contributed by atoms with Crippen molar-refractivity contribution in [3.05, 3.63) is 41.7 Å². The summed E-state index contributed by atoms with van der Waals surface area (Å²) < 4.78 is 2.10. The molecule has 0 saturated heterocycles. The van der Waals surface area contributed by atoms with E-state index in [0.717, 1.165) is 22.5 Å². The minimum Gasteiger partial charge on any atom is -0.375 e. The van der Waals surface area contributed by atoms with Gasteiger partial charge in [-0.1, -0.05) is 12.1 Å². The number of rotatable bonds is 2. The monoisotopic (exact) mass is 230 g/mol. The average molecular weight is 230 g/mol. The molecular formula is C11H10N4S. The molecule has 0 spiro atoms. The standard InChI is InChI=1S/C11H10N4S/c12-11-13-5-8(16-11)6-15-7-14-9-3-1-2-4-10(9)15/h1-5,7H,6H2,(H2,12,13). The molecule has 0 unspecified atom stereocenters. The van der Waals surface area contributed by atoms with Gasteiger partial charge in [-0.2, -0.15) is 0 Å². The van der Waals surface area contributed by atoms with Crippen LogP contribution >= 0.6 is 11.3 Å². The Hall–Kier alpha value is -1.88. The number of thiazole rings is 1. The minimum absolute atomic E-state index is 0.611. The number of nitrogens with two attached hydrogens (primary N) is 1. The third-order valence-electron chi connectivity index (χ3n) is 2.42. The van der Waals surface area contributed by atoms with Crippen molar-refractivity contribution in [1.29, 1.82) is 0 Å². The van der Waals surface area contributed by atoms with Gasteiger partial charge in [-0.25, -0.2) is 9.97 Å². The van der Waals surface area contributed by atoms with Gasteiger partial charge >= 0.3 is 0 Å². The molecule has 2 aromatic heterocycles. The van der Waals surface area contributed by atoms with E-state index in [1.54, 1.807) is 0 Å². The maximum atomic E-state index is 5.60. The Morgan fingerprint density at radius 1 is 1.25 bits per heavy atom. The number of anilines is 1. The molecule has 0 atom stereocenters. The zero-order valence-corrected chi connectivity index (χ0v) is 9.31. The van der Waals surface area contributed by atoms with E-state index in [0.29, 0.717) is 5.13 Å². The number of benzene rings is 1. The first-order valence-electron chi connectivity index (χ1n) is 4.93. The Labute approximate surface area is 96.4 Å². The van der Waals surface area contributed by atoms with Crippen molar-refractivity contribution < 1.29 is 0 Å². The van der Waals surface area contributed by atoms with Crippen molar-refractivity contribution in [2.24, 2.45) is 0 Å². The van der Waals surface area contributed by atoms with Gasteiger partial charge in [0.2, 0.25) is 0 Å². The van der Waals surface area contributed by atoms with E-state index in [-0.39, 0.29) is 0 Å². The summed E-state index contributed by atoms with van der Waals surface area (Å²) in [6.07, 6.45) is 3.66. The Bertz CT molecular complexity index is 625. The number of fused-ring (bicyclic) bond motifs is 1. The van der Waals surface area contributed by atoms with E-state index in [9.17, 15) is 0 Å². The summed E-state index contributed by atoms with van der Waals surface area (Å²) in [6, 6.07) is 8.07. The first-order valence-corrected chi connectivity index (χ1v) is 5.74. The van der Waals surface area contributed by atoms with E-state index in [2.05, 4.69) is 20.6 Å². The minimum atomic E-state index is 0.611. The molecule has 16 heavy (non-hydrogen) atoms. The highest BCUT2D eigenvalue weighted by Crippen LogP contribution is 2.18. The molecule has 1 aromatic carbocycles. The van der Waals surface area contributed by atoms with Crippen LogP contribution in [0.15, 0.2) is 36.8 Å². The van der Waals surface area contributed by atoms with Gasteiger partial charge < -0.3 is 10.3 Å². The molecule has 0 aliphatic carbocycles. The molecule has 3 aromatic rings. The number of nitrogens with zero attached hydrogens (tertiary/aromatic N) is 3. The fourth-order valence-corrected chi connectivity index (χ4v) is 2.38. The van der Waals surface area contributed by atoms with Crippen molar-refractivity contribution in [2.75, 3.05) is 5.73 Å². The zero-order valence-electron chi connectivity index (χ0n) is 8.50. The lowest BCUT2D eigenvalue weighted by Gasteiger charge is -2.00. The van der Waals surface area contributed by atoms with E-state index in [4.69, 9.17) is 5.73 Å². The molecule has 4 nitrogen and oxygen atoms in total. The van der Waals surface area contributed by atoms with E-state index >= 15 is 0 Å². The predicted octanol–water partition coefficient (Wildman–Crippen LogP) is 2.12. The van der Waals surface area contributed by atoms with Crippen LogP contribution in [-0.2, 0) is 6.54 Å². The average Bonchev–Trinajstić information content (AvgIpc) is 2.87. The summed E-state index contributed by atoms with van der Waals surface area (Å²) in [6.45, 7) is 0.773. The molecule has 3 rings (SSSR count). The fourth-order valence-electron chi connectivity index (χ4n) is 1.70. The third kappa shape index (κ3) is 1.55. The van der Waals surface area contributed by atoms with Gasteiger partial charge in [-0.15, -0.1) is 11.3 Å². The fraction of sp³-hybridized carbons (Fsp3) is 0.0909. The lowest BCUT2D eigenvalue weighted by Crippen LogP contribution is -1.95. The Morgan fingerprint density at radius 3 is 2.94 bits per heavy atom. The van der Waals surface area contributed by atoms with Crippen LogP contribution in [-0.4, -0.2) is 14.5 Å². The molecule has 80 valence electrons. The molecule has 0 bridgehead atoms. The largest absolute Gasteiger partial charge is 0.375 e. The Kier molecular flexibility index (Phi) is 2.11. The SMILES string of the molecule is Nc1ncc(Cn2cnc3ccccc32)s1. The van der Waals surface area contributed by atoms with E-state index in [1.807, 2.05) is 30.7 Å². The van der Waals surface area contributed by atoms with Gasteiger partial charge in [0.05, 0.1) is 23.9 Å². The molecule has 2 N–H and O–H groups in total. The second kappa shape index (κ2) is 3.61. The third-order valence-corrected chi connectivity index (χ3v) is 3.24. The van der Waals surface area contributed by atoms with Crippen molar-refractivity contribution in [2.45, 2.75) is 6.54 Å². The number of nitrogen functional groups attached to an aromatic ring is 1. The lowest BCUT2D eigenvalue weighted by atomic mass is 10.3. The molecule has 0 aliphatic heterocycles. The summed E-state index contributed by atoms with van der Waals surface area (Å²) in [5.41, 5.74) is 7.75. The summed E-state index contributed by atoms with van der Waals surface area (Å²) in [5, 5.41) is 0.611. The smallest absolute Gasteiger partial charge is 0.180 e. The summed E-state index contributed by atoms with van der Waals surface area (Å²) in [7, 11) is 0. The van der Waals surface area contributed by atoms with Gasteiger partial charge in [0.25, 0.3) is 0 Å². The number of aromatic nitrogens is 3. The molecule has 0 aliphatic rings. The van der Waals surface area contributed by atoms with Crippen LogP contribution in [0.3, 0.4) is 0 Å². The van der Waals surface area contributed by atoms with Gasteiger partial charge in [0.15, 0.2) is 5.13 Å². The molecular weight excluding hydrogens is 220 g/mol. The van der Waals surface area contributed by atoms with Crippen molar-refractivity contribution in [3.63, 3.8) is 0 Å². The number of hydrogen-bond donors (Lipinski definition) is 1. The van der Waals surface area contributed by atoms with E-state index in [1.165, 1.54) is 11.3 Å². The van der Waals surface area contributed by atoms with Gasteiger partial charge in [-0.05, 0) is 12.1 Å². The van der Waals surface area contributed by atoms with Gasteiger partial charge in [-0.3, -0.25) is 0 Å². The summed E-state index contributed by atoms with van der Waals surface area (Å²) in [5.74, 6) is 0. The number of hydrogen-bond acceptors (Lipinski definition) is 4. The molecule has 2 heterocycles. The topological polar surface area (TPSA) is 56.7 Å². The van der Waals surface area contributed by atoms with Crippen molar-refractivity contribution in [3.8, 4) is 0 Å². The van der Waals surface area contributed by atoms with Crippen molar-refractivity contribution >= 4 is 27.5 Å². The van der Waals surface area contributed by atoms with Crippen molar-refractivity contribution in [1.82, 2.24) is 14.5 Å². The molecule has 0 saturated carbocycles. The highest BCUT2D eigenvalue weighted by Gasteiger charge is 2.04. The van der Waals surface area contributed by atoms with Crippen LogP contribution in [0.5, 0.6) is 0 Å². The van der Waals surface area contributed by atoms with Gasteiger partial charge in [0, 0.05) is 11.1 Å². The molecule has 5 heteroatoms. The molecule has 0 radical (unpaired) electrons. The summed E-state index contributed by atoms with van der Waals surface area (Å²) in [4.78, 5) is 9.52. The van der Waals surface area contributed by atoms with Crippen LogP contribution < -0.4 is 5.73 Å². The van der Waals surface area contributed by atoms with Crippen LogP contribution in [0, 0.1) is 0 Å². The summed E-state index contributed by atoms with van der Waals surface area (Å²) >= 11 is 1.51. The lowest BCUT2D eigenvalue weighted by molar-refractivity contribution is 0.836. The predicted molar refractivity (Wildman–Crippen MR) is 65.4 cm³/mol. The number of imidazole rings is 1. The highest BCUT2D eigenvalue weighted by molar-refractivity contribution is 7.15. The second-order valence-corrected chi connectivity index (χ2v) is 4.67. The Morgan fingerprint density at radius 2 is 2.12 bits per heavy atom. The van der Waals surface area contributed by atoms with Crippen LogP contribution in [0.1, 0.15) is 4.88 Å². The van der Waals surface area contributed by atoms with E-state index < -0.39 is 0 Å². The maximum Gasteiger partial charge on any atom is 0.180 e. The first kappa shape index (κ1) is 9.35. The quantitative estimate of drug-likeness (QED) is 0.733. The highest BCUT2D eigenvalue weighted by atomic mass is 32.1. The maximum absolute atomic E-state index is 5.60. The number of para-hydroxylation sites is 2. The van der Waals surface area contributed by atoms with Crippen LogP contribution in [0.25, 0.3) is 11.0 Å². The normalized spacial score (nSPS) is 11.0. The van der Waals surface area contributed by atoms with Crippen LogP contribution in [0.4, 0.5) is 5.13 Å². The Balaban J connectivity index is 2.00. The molecule has 0 amide bonds.